The highest BCUT2D eigenvalue weighted by Crippen LogP contribution is 2.06. The summed E-state index contributed by atoms with van der Waals surface area (Å²) in [5, 5.41) is 0. The fourth-order valence-electron chi connectivity index (χ4n) is 1.07. The van der Waals surface area contributed by atoms with Crippen molar-refractivity contribution in [1.29, 1.82) is 0 Å². The van der Waals surface area contributed by atoms with Crippen molar-refractivity contribution in [2.75, 3.05) is 6.79 Å². The molecule has 16 heavy (non-hydrogen) atoms. The third-order valence-electron chi connectivity index (χ3n) is 1.94. The summed E-state index contributed by atoms with van der Waals surface area (Å²) in [6.45, 7) is 7.29. The van der Waals surface area contributed by atoms with Crippen LogP contribution < -0.4 is 0 Å². The maximum Gasteiger partial charge on any atom is 0.332 e. The fourth-order valence-corrected chi connectivity index (χ4v) is 1.07. The van der Waals surface area contributed by atoms with Gasteiger partial charge in [-0.3, -0.25) is 0 Å². The minimum atomic E-state index is -0.484. The van der Waals surface area contributed by atoms with E-state index in [1.165, 1.54) is 0 Å². The predicted octanol–water partition coefficient (Wildman–Crippen LogP) is 2.53. The van der Waals surface area contributed by atoms with Crippen molar-refractivity contribution in [3.05, 3.63) is 54.6 Å². The molecule has 0 unspecified atom stereocenters. The van der Waals surface area contributed by atoms with Gasteiger partial charge >= 0.3 is 5.97 Å². The molecular weight excluding hydrogens is 204 g/mol. The summed E-state index contributed by atoms with van der Waals surface area (Å²) >= 11 is 0. The third-order valence-corrected chi connectivity index (χ3v) is 1.94. The van der Waals surface area contributed by atoms with Gasteiger partial charge in [0.2, 0.25) is 0 Å². The lowest BCUT2D eigenvalue weighted by Gasteiger charge is -2.04. The average Bonchev–Trinajstić information content (AvgIpc) is 2.35. The minimum Gasteiger partial charge on any atom is -0.435 e. The summed E-state index contributed by atoms with van der Waals surface area (Å²) in [5.74, 6) is -0.484. The molecule has 0 radical (unpaired) electrons. The Balaban J connectivity index is 2.29. The number of carbonyl (C=O) groups excluding carboxylic acids is 1. The van der Waals surface area contributed by atoms with Crippen molar-refractivity contribution in [2.45, 2.75) is 6.61 Å². The first kappa shape index (κ1) is 12.2. The molecule has 0 spiro atoms. The third kappa shape index (κ3) is 4.11. The van der Waals surface area contributed by atoms with Crippen LogP contribution in [0.4, 0.5) is 0 Å². The molecule has 0 N–H and O–H groups in total. The van der Waals surface area contributed by atoms with Crippen molar-refractivity contribution in [3.8, 4) is 0 Å². The van der Waals surface area contributed by atoms with Gasteiger partial charge < -0.3 is 9.47 Å². The topological polar surface area (TPSA) is 35.5 Å². The highest BCUT2D eigenvalue weighted by molar-refractivity contribution is 5.81. The Morgan fingerprint density at radius 2 is 1.94 bits per heavy atom. The van der Waals surface area contributed by atoms with Gasteiger partial charge in [-0.2, -0.15) is 0 Å². The number of rotatable bonds is 6. The number of esters is 1. The zero-order chi connectivity index (χ0) is 11.8. The SMILES string of the molecule is C=CC(=O)OCOCc1ccc(C=C)cc1. The lowest BCUT2D eigenvalue weighted by molar-refractivity contribution is -0.151. The van der Waals surface area contributed by atoms with Crippen molar-refractivity contribution >= 4 is 12.0 Å². The monoisotopic (exact) mass is 218 g/mol. The van der Waals surface area contributed by atoms with E-state index in [0.29, 0.717) is 6.61 Å². The molecule has 0 aliphatic heterocycles. The van der Waals surface area contributed by atoms with Crippen LogP contribution >= 0.6 is 0 Å². The van der Waals surface area contributed by atoms with Crippen LogP contribution in [0.3, 0.4) is 0 Å². The van der Waals surface area contributed by atoms with E-state index in [-0.39, 0.29) is 6.79 Å². The second kappa shape index (κ2) is 6.58. The van der Waals surface area contributed by atoms with Gasteiger partial charge in [0.05, 0.1) is 6.61 Å². The highest BCUT2D eigenvalue weighted by Gasteiger charge is 1.96. The van der Waals surface area contributed by atoms with Gasteiger partial charge in [0.1, 0.15) is 0 Å². The first-order valence-corrected chi connectivity index (χ1v) is 4.84. The average molecular weight is 218 g/mol. The Morgan fingerprint density at radius 1 is 1.25 bits per heavy atom. The Kier molecular flexibility index (Phi) is 5.02. The van der Waals surface area contributed by atoms with Gasteiger partial charge in [0.25, 0.3) is 0 Å². The van der Waals surface area contributed by atoms with Crippen LogP contribution in [0, 0.1) is 0 Å². The predicted molar refractivity (Wildman–Crippen MR) is 62.5 cm³/mol. The summed E-state index contributed by atoms with van der Waals surface area (Å²) in [4.78, 5) is 10.7. The van der Waals surface area contributed by atoms with Crippen molar-refractivity contribution in [1.82, 2.24) is 0 Å². The summed E-state index contributed by atoms with van der Waals surface area (Å²) in [6, 6.07) is 7.77. The molecule has 84 valence electrons. The van der Waals surface area contributed by atoms with Crippen LogP contribution in [-0.2, 0) is 20.9 Å². The van der Waals surface area contributed by atoms with Crippen molar-refractivity contribution in [2.24, 2.45) is 0 Å². The van der Waals surface area contributed by atoms with E-state index in [1.807, 2.05) is 24.3 Å². The minimum absolute atomic E-state index is 0.0614. The van der Waals surface area contributed by atoms with Crippen molar-refractivity contribution in [3.63, 3.8) is 0 Å². The zero-order valence-electron chi connectivity index (χ0n) is 9.02. The maximum atomic E-state index is 10.7. The van der Waals surface area contributed by atoms with Crippen LogP contribution in [0.15, 0.2) is 43.5 Å². The van der Waals surface area contributed by atoms with E-state index in [1.54, 1.807) is 6.08 Å². The number of benzene rings is 1. The van der Waals surface area contributed by atoms with Crippen LogP contribution in [-0.4, -0.2) is 12.8 Å². The summed E-state index contributed by atoms with van der Waals surface area (Å²) in [5.41, 5.74) is 2.07. The van der Waals surface area contributed by atoms with Gasteiger partial charge in [-0.1, -0.05) is 43.5 Å². The van der Waals surface area contributed by atoms with E-state index in [4.69, 9.17) is 4.74 Å². The second-order valence-corrected chi connectivity index (χ2v) is 3.08. The van der Waals surface area contributed by atoms with E-state index < -0.39 is 5.97 Å². The van der Waals surface area contributed by atoms with E-state index in [0.717, 1.165) is 17.2 Å². The molecule has 1 rings (SSSR count). The fraction of sp³-hybridized carbons (Fsp3) is 0.154. The Morgan fingerprint density at radius 3 is 2.50 bits per heavy atom. The van der Waals surface area contributed by atoms with Crippen LogP contribution in [0.5, 0.6) is 0 Å². The van der Waals surface area contributed by atoms with Gasteiger partial charge in [0, 0.05) is 6.08 Å². The van der Waals surface area contributed by atoms with Gasteiger partial charge in [0.15, 0.2) is 6.79 Å². The lowest BCUT2D eigenvalue weighted by atomic mass is 10.1. The van der Waals surface area contributed by atoms with Gasteiger partial charge in [-0.15, -0.1) is 0 Å². The molecule has 3 heteroatoms. The van der Waals surface area contributed by atoms with Gasteiger partial charge in [-0.05, 0) is 11.1 Å². The summed E-state index contributed by atoms with van der Waals surface area (Å²) in [6.07, 6.45) is 2.87. The number of hydrogen-bond acceptors (Lipinski definition) is 3. The first-order valence-electron chi connectivity index (χ1n) is 4.84. The summed E-state index contributed by atoms with van der Waals surface area (Å²) in [7, 11) is 0. The van der Waals surface area contributed by atoms with Gasteiger partial charge in [-0.25, -0.2) is 4.79 Å². The first-order chi connectivity index (χ1) is 7.76. The highest BCUT2D eigenvalue weighted by atomic mass is 16.7. The second-order valence-electron chi connectivity index (χ2n) is 3.08. The molecule has 1 aromatic carbocycles. The standard InChI is InChI=1S/C13H14O3/c1-3-11-5-7-12(8-6-11)9-15-10-16-13(14)4-2/h3-8H,1-2,9-10H2. The number of hydrogen-bond donors (Lipinski definition) is 0. The maximum absolute atomic E-state index is 10.7. The van der Waals surface area contributed by atoms with Crippen LogP contribution in [0.2, 0.25) is 0 Å². The van der Waals surface area contributed by atoms with Crippen LogP contribution in [0.25, 0.3) is 6.08 Å². The van der Waals surface area contributed by atoms with E-state index in [9.17, 15) is 4.79 Å². The van der Waals surface area contributed by atoms with E-state index >= 15 is 0 Å². The lowest BCUT2D eigenvalue weighted by Crippen LogP contribution is -2.05. The number of ether oxygens (including phenoxy) is 2. The Hall–Kier alpha value is -1.87. The van der Waals surface area contributed by atoms with Crippen LogP contribution in [0.1, 0.15) is 11.1 Å². The molecule has 0 bridgehead atoms. The molecule has 0 aliphatic carbocycles. The molecule has 0 fully saturated rings. The molecule has 0 aliphatic rings. The molecule has 0 saturated carbocycles. The smallest absolute Gasteiger partial charge is 0.332 e. The molecule has 0 heterocycles. The van der Waals surface area contributed by atoms with E-state index in [2.05, 4.69) is 17.9 Å². The normalized spacial score (nSPS) is 9.50. The largest absolute Gasteiger partial charge is 0.435 e. The molecule has 0 aromatic heterocycles. The molecule has 0 atom stereocenters. The summed E-state index contributed by atoms with van der Waals surface area (Å²) < 4.78 is 9.81. The number of carbonyl (C=O) groups is 1. The molecule has 0 amide bonds. The Labute approximate surface area is 95.0 Å². The molecule has 3 nitrogen and oxygen atoms in total. The Bertz CT molecular complexity index is 365. The zero-order valence-corrected chi connectivity index (χ0v) is 9.02. The van der Waals surface area contributed by atoms with Crippen molar-refractivity contribution < 1.29 is 14.3 Å². The quantitative estimate of drug-likeness (QED) is 0.318. The molecular formula is C13H14O3. The molecule has 0 saturated heterocycles. The molecule has 1 aromatic rings.